The van der Waals surface area contributed by atoms with Gasteiger partial charge in [0.05, 0.1) is 11.3 Å². The van der Waals surface area contributed by atoms with Crippen LogP contribution in [0.2, 0.25) is 0 Å². The zero-order valence-electron chi connectivity index (χ0n) is 20.6. The first kappa shape index (κ1) is 24.0. The molecule has 0 bridgehead atoms. The van der Waals surface area contributed by atoms with Crippen LogP contribution in [0.1, 0.15) is 34.0 Å². The number of para-hydroxylation sites is 1. The third-order valence-electron chi connectivity index (χ3n) is 6.47. The molecule has 1 N–H and O–H groups in total. The standard InChI is InChI=1S/C31H26N2O4/c1-20-10-6-7-14-25(20)33-28(24-13-8-9-17-32-24)27(30(35)31(33)36)29(34)23-15-16-26(21(2)18-23)37-19-22-11-4-3-5-12-22/h3-18,28,34H,19H2,1-2H3/b29-27-. The smallest absolute Gasteiger partial charge is 0.300 e. The molecule has 3 aromatic carbocycles. The van der Waals surface area contributed by atoms with Gasteiger partial charge in [-0.25, -0.2) is 0 Å². The van der Waals surface area contributed by atoms with Gasteiger partial charge in [0.25, 0.3) is 11.7 Å². The van der Waals surface area contributed by atoms with Gasteiger partial charge in [0.2, 0.25) is 0 Å². The number of aryl methyl sites for hydroxylation is 2. The summed E-state index contributed by atoms with van der Waals surface area (Å²) >= 11 is 0. The third kappa shape index (κ3) is 4.61. The van der Waals surface area contributed by atoms with E-state index >= 15 is 0 Å². The molecule has 2 heterocycles. The number of aliphatic hydroxyl groups is 1. The van der Waals surface area contributed by atoms with Crippen molar-refractivity contribution in [2.24, 2.45) is 0 Å². The van der Waals surface area contributed by atoms with Crippen LogP contribution in [-0.2, 0) is 16.2 Å². The summed E-state index contributed by atoms with van der Waals surface area (Å²) in [5.41, 5.74) is 4.19. The van der Waals surface area contributed by atoms with Crippen LogP contribution < -0.4 is 9.64 Å². The molecule has 184 valence electrons. The van der Waals surface area contributed by atoms with Crippen molar-refractivity contribution in [3.05, 3.63) is 131 Å². The molecule has 0 radical (unpaired) electrons. The van der Waals surface area contributed by atoms with E-state index in [1.54, 1.807) is 48.7 Å². The highest BCUT2D eigenvalue weighted by molar-refractivity contribution is 6.51. The van der Waals surface area contributed by atoms with Crippen molar-refractivity contribution in [2.75, 3.05) is 4.90 Å². The number of hydrogen-bond donors (Lipinski definition) is 1. The Kier molecular flexibility index (Phi) is 6.56. The number of Topliss-reactive ketones (excluding diaryl/α,β-unsaturated/α-hetero) is 1. The van der Waals surface area contributed by atoms with Crippen molar-refractivity contribution in [2.45, 2.75) is 26.5 Å². The van der Waals surface area contributed by atoms with Gasteiger partial charge in [-0.2, -0.15) is 0 Å². The van der Waals surface area contributed by atoms with Gasteiger partial charge in [-0.15, -0.1) is 0 Å². The van der Waals surface area contributed by atoms with Gasteiger partial charge in [0, 0.05) is 17.4 Å². The van der Waals surface area contributed by atoms with E-state index in [2.05, 4.69) is 4.98 Å². The van der Waals surface area contributed by atoms with E-state index in [9.17, 15) is 14.7 Å². The SMILES string of the molecule is Cc1cc(/C(O)=C2/C(=O)C(=O)N(c3ccccc3C)C2c2ccccn2)ccc1OCc1ccccc1. The molecule has 5 rings (SSSR count). The lowest BCUT2D eigenvalue weighted by Gasteiger charge is -2.26. The fourth-order valence-electron chi connectivity index (χ4n) is 4.58. The number of ketones is 1. The Labute approximate surface area is 215 Å². The number of pyridine rings is 1. The maximum Gasteiger partial charge on any atom is 0.300 e. The molecule has 6 heteroatoms. The topological polar surface area (TPSA) is 79.7 Å². The first-order valence-corrected chi connectivity index (χ1v) is 12.0. The second kappa shape index (κ2) is 10.1. The number of amides is 1. The highest BCUT2D eigenvalue weighted by Crippen LogP contribution is 2.42. The Morgan fingerprint density at radius 2 is 1.62 bits per heavy atom. The van der Waals surface area contributed by atoms with Crippen LogP contribution in [0.15, 0.2) is 103 Å². The third-order valence-corrected chi connectivity index (χ3v) is 6.47. The molecule has 1 amide bonds. The Hall–Kier alpha value is -4.71. The summed E-state index contributed by atoms with van der Waals surface area (Å²) in [6.45, 7) is 4.16. The quantitative estimate of drug-likeness (QED) is 0.207. The van der Waals surface area contributed by atoms with E-state index < -0.39 is 17.7 Å². The van der Waals surface area contributed by atoms with Crippen molar-refractivity contribution in [1.29, 1.82) is 0 Å². The van der Waals surface area contributed by atoms with Gasteiger partial charge in [-0.05, 0) is 66.9 Å². The van der Waals surface area contributed by atoms with E-state index in [-0.39, 0.29) is 11.3 Å². The maximum absolute atomic E-state index is 13.3. The summed E-state index contributed by atoms with van der Waals surface area (Å²) < 4.78 is 5.96. The molecule has 1 aliphatic heterocycles. The van der Waals surface area contributed by atoms with Gasteiger partial charge in [0.15, 0.2) is 0 Å². The van der Waals surface area contributed by atoms with E-state index in [1.165, 1.54) is 4.90 Å². The molecule has 1 atom stereocenters. The van der Waals surface area contributed by atoms with Gasteiger partial charge in [0.1, 0.15) is 24.2 Å². The second-order valence-corrected chi connectivity index (χ2v) is 8.96. The van der Waals surface area contributed by atoms with Crippen LogP contribution >= 0.6 is 0 Å². The lowest BCUT2D eigenvalue weighted by Crippen LogP contribution is -2.30. The zero-order valence-corrected chi connectivity index (χ0v) is 20.6. The average Bonchev–Trinajstić information content (AvgIpc) is 3.19. The molecule has 1 aromatic heterocycles. The molecule has 0 aliphatic carbocycles. The van der Waals surface area contributed by atoms with Crippen molar-refractivity contribution in [1.82, 2.24) is 4.98 Å². The Morgan fingerprint density at radius 3 is 2.32 bits per heavy atom. The highest BCUT2D eigenvalue weighted by atomic mass is 16.5. The summed E-state index contributed by atoms with van der Waals surface area (Å²) in [4.78, 5) is 32.5. The number of hydrogen-bond acceptors (Lipinski definition) is 5. The molecule has 0 saturated carbocycles. The van der Waals surface area contributed by atoms with E-state index in [1.807, 2.05) is 62.4 Å². The number of carbonyl (C=O) groups is 2. The van der Waals surface area contributed by atoms with Crippen LogP contribution in [0.25, 0.3) is 5.76 Å². The normalized spacial score (nSPS) is 16.7. The number of aromatic nitrogens is 1. The summed E-state index contributed by atoms with van der Waals surface area (Å²) in [5, 5.41) is 11.4. The van der Waals surface area contributed by atoms with E-state index in [0.717, 1.165) is 16.7 Å². The predicted molar refractivity (Wildman–Crippen MR) is 142 cm³/mol. The van der Waals surface area contributed by atoms with Gasteiger partial charge < -0.3 is 9.84 Å². The lowest BCUT2D eigenvalue weighted by atomic mass is 9.97. The number of benzene rings is 3. The monoisotopic (exact) mass is 490 g/mol. The van der Waals surface area contributed by atoms with Gasteiger partial charge >= 0.3 is 0 Å². The van der Waals surface area contributed by atoms with Crippen molar-refractivity contribution in [3.63, 3.8) is 0 Å². The number of carbonyl (C=O) groups excluding carboxylic acids is 2. The summed E-state index contributed by atoms with van der Waals surface area (Å²) in [6.07, 6.45) is 1.61. The first-order chi connectivity index (χ1) is 18.0. The second-order valence-electron chi connectivity index (χ2n) is 8.96. The molecule has 1 unspecified atom stereocenters. The summed E-state index contributed by atoms with van der Waals surface area (Å²) in [6, 6.07) is 26.8. The summed E-state index contributed by atoms with van der Waals surface area (Å²) in [7, 11) is 0. The van der Waals surface area contributed by atoms with Gasteiger partial charge in [-0.1, -0.05) is 54.6 Å². The molecule has 1 fully saturated rings. The van der Waals surface area contributed by atoms with E-state index in [0.29, 0.717) is 29.3 Å². The largest absolute Gasteiger partial charge is 0.507 e. The van der Waals surface area contributed by atoms with Crippen LogP contribution in [0, 0.1) is 13.8 Å². The Balaban J connectivity index is 1.56. The molecule has 0 spiro atoms. The van der Waals surface area contributed by atoms with Crippen molar-refractivity contribution < 1.29 is 19.4 Å². The minimum absolute atomic E-state index is 0.00399. The van der Waals surface area contributed by atoms with Crippen LogP contribution in [0.4, 0.5) is 5.69 Å². The number of ether oxygens (including phenoxy) is 1. The van der Waals surface area contributed by atoms with Crippen LogP contribution in [0.5, 0.6) is 5.75 Å². The zero-order chi connectivity index (χ0) is 25.9. The lowest BCUT2D eigenvalue weighted by molar-refractivity contribution is -0.132. The molecule has 37 heavy (non-hydrogen) atoms. The van der Waals surface area contributed by atoms with Crippen molar-refractivity contribution in [3.8, 4) is 5.75 Å². The Bertz CT molecular complexity index is 1500. The van der Waals surface area contributed by atoms with Crippen molar-refractivity contribution >= 4 is 23.1 Å². The minimum Gasteiger partial charge on any atom is -0.507 e. The van der Waals surface area contributed by atoms with Gasteiger partial charge in [-0.3, -0.25) is 19.5 Å². The molecular weight excluding hydrogens is 464 g/mol. The highest BCUT2D eigenvalue weighted by Gasteiger charge is 2.48. The number of aliphatic hydroxyl groups excluding tert-OH is 1. The van der Waals surface area contributed by atoms with Crippen LogP contribution in [-0.4, -0.2) is 21.8 Å². The molecule has 4 aromatic rings. The number of nitrogens with zero attached hydrogens (tertiary/aromatic N) is 2. The fraction of sp³-hybridized carbons (Fsp3) is 0.129. The minimum atomic E-state index is -0.864. The van der Waals surface area contributed by atoms with E-state index in [4.69, 9.17) is 4.74 Å². The molecule has 1 saturated heterocycles. The molecule has 1 aliphatic rings. The first-order valence-electron chi connectivity index (χ1n) is 12.0. The average molecular weight is 491 g/mol. The predicted octanol–water partition coefficient (Wildman–Crippen LogP) is 5.90. The molecular formula is C31H26N2O4. The maximum atomic E-state index is 13.3. The Morgan fingerprint density at radius 1 is 0.892 bits per heavy atom. The molecule has 6 nitrogen and oxygen atoms in total. The number of rotatable bonds is 6. The fourth-order valence-corrected chi connectivity index (χ4v) is 4.58. The van der Waals surface area contributed by atoms with Crippen LogP contribution in [0.3, 0.4) is 0 Å². The number of anilines is 1. The summed E-state index contributed by atoms with van der Waals surface area (Å²) in [5.74, 6) is -1.03.